The van der Waals surface area contributed by atoms with Gasteiger partial charge in [-0.1, -0.05) is 12.2 Å². The zero-order chi connectivity index (χ0) is 9.73. The van der Waals surface area contributed by atoms with Gasteiger partial charge in [-0.15, -0.1) is 0 Å². The van der Waals surface area contributed by atoms with Crippen LogP contribution in [0.15, 0.2) is 12.2 Å². The van der Waals surface area contributed by atoms with E-state index in [0.717, 1.165) is 41.4 Å². The maximum absolute atomic E-state index is 4.48. The molecule has 0 aliphatic heterocycles. The summed E-state index contributed by atoms with van der Waals surface area (Å²) in [6.45, 7) is 4.48. The fourth-order valence-corrected chi connectivity index (χ4v) is 6.82. The molecule has 0 aromatic carbocycles. The van der Waals surface area contributed by atoms with Gasteiger partial charge in [0.05, 0.1) is 0 Å². The van der Waals surface area contributed by atoms with Crippen LogP contribution in [0.5, 0.6) is 0 Å². The van der Waals surface area contributed by atoms with Crippen LogP contribution in [0.3, 0.4) is 0 Å². The van der Waals surface area contributed by atoms with E-state index in [1.54, 1.807) is 37.7 Å². The summed E-state index contributed by atoms with van der Waals surface area (Å²) in [6.07, 6.45) is 7.87. The Labute approximate surface area is 92.1 Å². The van der Waals surface area contributed by atoms with Gasteiger partial charge in [-0.05, 0) is 79.4 Å². The van der Waals surface area contributed by atoms with Crippen molar-refractivity contribution in [1.29, 1.82) is 0 Å². The van der Waals surface area contributed by atoms with E-state index in [0.29, 0.717) is 0 Å². The Hall–Kier alpha value is -0.260. The molecule has 0 aromatic rings. The lowest BCUT2D eigenvalue weighted by atomic mass is 9.35. The first kappa shape index (κ1) is 7.92. The van der Waals surface area contributed by atoms with Crippen molar-refractivity contribution in [2.45, 2.75) is 32.1 Å². The summed E-state index contributed by atoms with van der Waals surface area (Å²) in [5.74, 6) is 8.78. The Bertz CT molecular complexity index is 331. The summed E-state index contributed by atoms with van der Waals surface area (Å²) in [5, 5.41) is 0. The molecule has 0 radical (unpaired) electrons. The molecule has 7 saturated carbocycles. The zero-order valence-electron chi connectivity index (χ0n) is 9.36. The van der Waals surface area contributed by atoms with Crippen molar-refractivity contribution in [1.82, 2.24) is 0 Å². The van der Waals surface area contributed by atoms with Gasteiger partial charge in [-0.2, -0.15) is 0 Å². The molecular formula is C15H20. The molecule has 7 rings (SSSR count). The van der Waals surface area contributed by atoms with Crippen LogP contribution in [0.25, 0.3) is 0 Å². The van der Waals surface area contributed by atoms with E-state index in [4.69, 9.17) is 0 Å². The Balaban J connectivity index is 1.72. The van der Waals surface area contributed by atoms with Crippen LogP contribution in [-0.4, -0.2) is 0 Å². The van der Waals surface area contributed by atoms with Crippen LogP contribution in [0.1, 0.15) is 32.1 Å². The number of hydrogen-bond acceptors (Lipinski definition) is 0. The molecule has 0 N–H and O–H groups in total. The third-order valence-electron chi connectivity index (χ3n) is 7.00. The van der Waals surface area contributed by atoms with Crippen molar-refractivity contribution in [2.75, 3.05) is 0 Å². The zero-order valence-corrected chi connectivity index (χ0v) is 9.36. The summed E-state index contributed by atoms with van der Waals surface area (Å²) in [7, 11) is 0. The SMILES string of the molecule is C=C1C2CC3C4CC5CC3C1C(C5)C4C2. The predicted octanol–water partition coefficient (Wildman–Crippen LogP) is 3.49. The fraction of sp³-hybridized carbons (Fsp3) is 0.867. The molecule has 0 heteroatoms. The molecule has 15 heavy (non-hydrogen) atoms. The van der Waals surface area contributed by atoms with Gasteiger partial charge in [0.1, 0.15) is 0 Å². The van der Waals surface area contributed by atoms with Gasteiger partial charge >= 0.3 is 0 Å². The predicted molar refractivity (Wildman–Crippen MR) is 60.1 cm³/mol. The van der Waals surface area contributed by atoms with Crippen molar-refractivity contribution >= 4 is 0 Å². The van der Waals surface area contributed by atoms with E-state index in [-0.39, 0.29) is 0 Å². The monoisotopic (exact) mass is 200 g/mol. The van der Waals surface area contributed by atoms with Crippen LogP contribution < -0.4 is 0 Å². The quantitative estimate of drug-likeness (QED) is 0.525. The van der Waals surface area contributed by atoms with E-state index in [2.05, 4.69) is 6.58 Å². The van der Waals surface area contributed by atoms with Gasteiger partial charge < -0.3 is 0 Å². The molecule has 4 unspecified atom stereocenters. The van der Waals surface area contributed by atoms with E-state index in [9.17, 15) is 0 Å². The van der Waals surface area contributed by atoms with E-state index >= 15 is 0 Å². The minimum atomic E-state index is 0.961. The van der Waals surface area contributed by atoms with Gasteiger partial charge in [0.2, 0.25) is 0 Å². The third-order valence-corrected chi connectivity index (χ3v) is 7.00. The number of allylic oxidation sites excluding steroid dienone is 1. The fourth-order valence-electron chi connectivity index (χ4n) is 6.82. The Morgan fingerprint density at radius 1 is 0.733 bits per heavy atom. The molecule has 0 spiro atoms. The summed E-state index contributed by atoms with van der Waals surface area (Å²) < 4.78 is 0. The van der Waals surface area contributed by atoms with Crippen molar-refractivity contribution in [3.63, 3.8) is 0 Å². The van der Waals surface area contributed by atoms with Gasteiger partial charge in [0, 0.05) is 0 Å². The van der Waals surface area contributed by atoms with E-state index in [1.807, 2.05) is 0 Å². The second-order valence-electron chi connectivity index (χ2n) is 7.16. The lowest BCUT2D eigenvalue weighted by molar-refractivity contribution is -0.176. The molecule has 0 heterocycles. The Morgan fingerprint density at radius 3 is 1.93 bits per heavy atom. The van der Waals surface area contributed by atoms with E-state index in [1.165, 1.54) is 5.92 Å². The molecule has 0 saturated heterocycles. The maximum atomic E-state index is 4.48. The van der Waals surface area contributed by atoms with Crippen LogP contribution in [0.4, 0.5) is 0 Å². The molecule has 7 aliphatic rings. The summed E-state index contributed by atoms with van der Waals surface area (Å²) >= 11 is 0. The normalized spacial score (nSPS) is 68.1. The maximum Gasteiger partial charge on any atom is -0.0141 e. The second kappa shape index (κ2) is 2.21. The van der Waals surface area contributed by atoms with Gasteiger partial charge in [0.25, 0.3) is 0 Å². The first-order valence-electron chi connectivity index (χ1n) is 7.01. The van der Waals surface area contributed by atoms with Crippen molar-refractivity contribution in [3.05, 3.63) is 12.2 Å². The lowest BCUT2D eigenvalue weighted by Crippen LogP contribution is -2.62. The second-order valence-corrected chi connectivity index (χ2v) is 7.16. The number of rotatable bonds is 0. The highest BCUT2D eigenvalue weighted by Gasteiger charge is 2.64. The molecule has 80 valence electrons. The van der Waals surface area contributed by atoms with Crippen molar-refractivity contribution < 1.29 is 0 Å². The highest BCUT2D eigenvalue weighted by molar-refractivity contribution is 5.26. The molecule has 7 aliphatic carbocycles. The largest absolute Gasteiger partial charge is 0.0993 e. The third kappa shape index (κ3) is 0.707. The van der Waals surface area contributed by atoms with Crippen LogP contribution >= 0.6 is 0 Å². The average molecular weight is 200 g/mol. The lowest BCUT2D eigenvalue weighted by Gasteiger charge is -2.70. The van der Waals surface area contributed by atoms with Crippen LogP contribution in [0, 0.1) is 47.3 Å². The number of hydrogen-bond donors (Lipinski definition) is 0. The van der Waals surface area contributed by atoms with Gasteiger partial charge in [-0.25, -0.2) is 0 Å². The van der Waals surface area contributed by atoms with Gasteiger partial charge in [-0.3, -0.25) is 0 Å². The molecule has 8 bridgehead atoms. The first-order chi connectivity index (χ1) is 7.33. The smallest absolute Gasteiger partial charge is 0.0141 e. The summed E-state index contributed by atoms with van der Waals surface area (Å²) in [6, 6.07) is 0. The van der Waals surface area contributed by atoms with Crippen LogP contribution in [0.2, 0.25) is 0 Å². The highest BCUT2D eigenvalue weighted by atomic mass is 14.7. The average Bonchev–Trinajstić information content (AvgIpc) is 2.26. The van der Waals surface area contributed by atoms with Crippen molar-refractivity contribution in [3.8, 4) is 0 Å². The first-order valence-corrected chi connectivity index (χ1v) is 7.01. The topological polar surface area (TPSA) is 0 Å². The molecular weight excluding hydrogens is 180 g/mol. The summed E-state index contributed by atoms with van der Waals surface area (Å²) in [4.78, 5) is 0. The van der Waals surface area contributed by atoms with Crippen molar-refractivity contribution in [2.24, 2.45) is 47.3 Å². The van der Waals surface area contributed by atoms with E-state index < -0.39 is 0 Å². The summed E-state index contributed by atoms with van der Waals surface area (Å²) in [5.41, 5.74) is 1.70. The molecule has 4 atom stereocenters. The molecule has 7 fully saturated rings. The standard InChI is InChI=1S/C15H20/c1-7-9-5-11-10-2-8-3-13(11)15(7)14(4-8)12(10)6-9/h8-15H,1-6H2. The van der Waals surface area contributed by atoms with Gasteiger partial charge in [0.15, 0.2) is 0 Å². The minimum absolute atomic E-state index is 0.961. The Kier molecular flexibility index (Phi) is 1.17. The molecule has 0 nitrogen and oxygen atoms in total. The minimum Gasteiger partial charge on any atom is -0.0993 e. The highest BCUT2D eigenvalue weighted by Crippen LogP contribution is 2.72. The molecule has 0 aromatic heterocycles. The Morgan fingerprint density at radius 2 is 1.27 bits per heavy atom. The molecule has 0 amide bonds. The van der Waals surface area contributed by atoms with Crippen LogP contribution in [-0.2, 0) is 0 Å².